The number of aromatic carboxylic acids is 1. The highest BCUT2D eigenvalue weighted by atomic mass is 16.5. The predicted octanol–water partition coefficient (Wildman–Crippen LogP) is 3.30. The minimum atomic E-state index is -1.33. The Labute approximate surface area is 196 Å². The number of nitrogens with zero attached hydrogens (tertiary/aromatic N) is 2. The van der Waals surface area contributed by atoms with E-state index in [1.165, 1.54) is 7.11 Å². The Balaban J connectivity index is 1.81. The van der Waals surface area contributed by atoms with Gasteiger partial charge in [-0.15, -0.1) is 0 Å². The number of nitrogens with one attached hydrogen (secondary N) is 1. The van der Waals surface area contributed by atoms with E-state index in [2.05, 4.69) is 15.3 Å². The first kappa shape index (κ1) is 24.4. The lowest BCUT2D eigenvalue weighted by molar-refractivity contribution is -0.141. The molecule has 0 aliphatic heterocycles. The van der Waals surface area contributed by atoms with Gasteiger partial charge in [-0.05, 0) is 29.5 Å². The first-order valence-corrected chi connectivity index (χ1v) is 10.6. The molecule has 1 heterocycles. The van der Waals surface area contributed by atoms with E-state index in [0.717, 1.165) is 22.8 Å². The Bertz CT molecular complexity index is 1170. The number of amides is 1. The molecule has 0 bridgehead atoms. The zero-order valence-electron chi connectivity index (χ0n) is 18.8. The van der Waals surface area contributed by atoms with Gasteiger partial charge in [-0.2, -0.15) is 9.97 Å². The number of carbonyl (C=O) groups is 3. The lowest BCUT2D eigenvalue weighted by Gasteiger charge is -2.21. The van der Waals surface area contributed by atoms with Crippen molar-refractivity contribution < 1.29 is 29.3 Å². The van der Waals surface area contributed by atoms with Crippen molar-refractivity contribution in [2.24, 2.45) is 5.92 Å². The smallest absolute Gasteiger partial charge is 0.354 e. The fourth-order valence-electron chi connectivity index (χ4n) is 3.47. The van der Waals surface area contributed by atoms with Crippen molar-refractivity contribution in [2.45, 2.75) is 25.8 Å². The van der Waals surface area contributed by atoms with Crippen LogP contribution in [0.5, 0.6) is 6.01 Å². The second-order valence-electron chi connectivity index (χ2n) is 7.84. The first-order chi connectivity index (χ1) is 16.3. The van der Waals surface area contributed by atoms with Crippen molar-refractivity contribution in [3.63, 3.8) is 0 Å². The van der Waals surface area contributed by atoms with Crippen LogP contribution in [0, 0.1) is 5.92 Å². The summed E-state index contributed by atoms with van der Waals surface area (Å²) < 4.78 is 4.90. The van der Waals surface area contributed by atoms with Crippen molar-refractivity contribution >= 4 is 17.8 Å². The normalized spacial score (nSPS) is 12.4. The number of aliphatic carboxylic acids is 1. The molecule has 1 aromatic heterocycles. The fraction of sp³-hybridized carbons (Fsp3) is 0.240. The first-order valence-electron chi connectivity index (χ1n) is 10.6. The van der Waals surface area contributed by atoms with Crippen LogP contribution in [-0.2, 0) is 11.2 Å². The second kappa shape index (κ2) is 11.0. The lowest BCUT2D eigenvalue weighted by atomic mass is 9.95. The number of rotatable bonds is 10. The van der Waals surface area contributed by atoms with E-state index >= 15 is 0 Å². The quantitative estimate of drug-likeness (QED) is 0.416. The van der Waals surface area contributed by atoms with Gasteiger partial charge in [0.15, 0.2) is 5.69 Å². The Morgan fingerprint density at radius 3 is 2.15 bits per heavy atom. The number of aromatic nitrogens is 2. The van der Waals surface area contributed by atoms with Gasteiger partial charge < -0.3 is 20.3 Å². The number of methoxy groups -OCH3 is 1. The minimum absolute atomic E-state index is 0.176. The number of carboxylic acid groups (broad SMARTS) is 2. The van der Waals surface area contributed by atoms with Gasteiger partial charge in [-0.3, -0.25) is 9.59 Å². The van der Waals surface area contributed by atoms with Crippen molar-refractivity contribution in [1.29, 1.82) is 0 Å². The van der Waals surface area contributed by atoms with Crippen LogP contribution in [0.25, 0.3) is 11.1 Å². The molecule has 34 heavy (non-hydrogen) atoms. The molecule has 0 aliphatic rings. The molecule has 1 amide bonds. The maximum Gasteiger partial charge on any atom is 0.354 e. The van der Waals surface area contributed by atoms with Crippen LogP contribution in [0.15, 0.2) is 60.7 Å². The highest BCUT2D eigenvalue weighted by Crippen LogP contribution is 2.21. The summed E-state index contributed by atoms with van der Waals surface area (Å²) in [5.74, 6) is -3.66. The minimum Gasteiger partial charge on any atom is -0.481 e. The number of hydrogen-bond donors (Lipinski definition) is 3. The number of benzene rings is 2. The molecular weight excluding hydrogens is 438 g/mol. The van der Waals surface area contributed by atoms with E-state index in [0.29, 0.717) is 6.42 Å². The van der Waals surface area contributed by atoms with Crippen LogP contribution >= 0.6 is 0 Å². The van der Waals surface area contributed by atoms with Gasteiger partial charge in [-0.1, -0.05) is 61.5 Å². The Kier molecular flexibility index (Phi) is 7.92. The predicted molar refractivity (Wildman–Crippen MR) is 124 cm³/mol. The van der Waals surface area contributed by atoms with Gasteiger partial charge in [0.1, 0.15) is 5.69 Å². The molecule has 0 aliphatic carbocycles. The zero-order chi connectivity index (χ0) is 24.7. The Hall–Kier alpha value is -4.27. The monoisotopic (exact) mass is 463 g/mol. The highest BCUT2D eigenvalue weighted by molar-refractivity contribution is 5.95. The molecule has 2 atom stereocenters. The number of carbonyl (C=O) groups excluding carboxylic acids is 1. The molecule has 0 fully saturated rings. The van der Waals surface area contributed by atoms with E-state index in [1.807, 2.05) is 54.6 Å². The molecule has 9 nitrogen and oxygen atoms in total. The standard InChI is InChI=1S/C25H25N3O6/c1-15(23(30)31)12-19(13-16-8-10-18(11-9-16)17-6-4-3-5-7-17)26-22(29)20-14-21(24(32)33)28-25(27-20)34-2/h3-11,14-15,19H,12-13H2,1-2H3,(H,26,29)(H,30,31)(H,32,33)/t15-,19?/m1/s1. The van der Waals surface area contributed by atoms with Gasteiger partial charge in [0.2, 0.25) is 0 Å². The molecule has 9 heteroatoms. The van der Waals surface area contributed by atoms with Crippen molar-refractivity contribution in [1.82, 2.24) is 15.3 Å². The third-order valence-electron chi connectivity index (χ3n) is 5.28. The third-order valence-corrected chi connectivity index (χ3v) is 5.28. The molecule has 3 N–H and O–H groups in total. The average molecular weight is 463 g/mol. The molecule has 176 valence electrons. The molecule has 0 spiro atoms. The van der Waals surface area contributed by atoms with Gasteiger partial charge in [0.05, 0.1) is 13.0 Å². The summed E-state index contributed by atoms with van der Waals surface area (Å²) in [5, 5.41) is 21.4. The van der Waals surface area contributed by atoms with Crippen LogP contribution in [0.2, 0.25) is 0 Å². The van der Waals surface area contributed by atoms with E-state index in [9.17, 15) is 24.6 Å². The molecule has 2 aromatic carbocycles. The van der Waals surface area contributed by atoms with Crippen LogP contribution in [0.4, 0.5) is 0 Å². The van der Waals surface area contributed by atoms with E-state index < -0.39 is 29.8 Å². The molecule has 0 radical (unpaired) electrons. The number of ether oxygens (including phenoxy) is 1. The van der Waals surface area contributed by atoms with E-state index in [-0.39, 0.29) is 23.8 Å². The number of carboxylic acids is 2. The molecule has 0 saturated carbocycles. The van der Waals surface area contributed by atoms with Crippen LogP contribution in [-0.4, -0.2) is 51.2 Å². The van der Waals surface area contributed by atoms with Crippen LogP contribution in [0.3, 0.4) is 0 Å². The maximum atomic E-state index is 12.9. The zero-order valence-corrected chi connectivity index (χ0v) is 18.8. The van der Waals surface area contributed by atoms with E-state index in [1.54, 1.807) is 6.92 Å². The average Bonchev–Trinajstić information content (AvgIpc) is 2.84. The van der Waals surface area contributed by atoms with Crippen LogP contribution in [0.1, 0.15) is 39.9 Å². The summed E-state index contributed by atoms with van der Waals surface area (Å²) in [7, 11) is 1.26. The largest absolute Gasteiger partial charge is 0.481 e. The summed E-state index contributed by atoms with van der Waals surface area (Å²) in [6.45, 7) is 1.57. The van der Waals surface area contributed by atoms with Crippen molar-refractivity contribution in [3.05, 3.63) is 77.6 Å². The summed E-state index contributed by atoms with van der Waals surface area (Å²) >= 11 is 0. The number of hydrogen-bond acceptors (Lipinski definition) is 6. The van der Waals surface area contributed by atoms with Gasteiger partial charge in [0, 0.05) is 12.1 Å². The molecule has 0 saturated heterocycles. The Morgan fingerprint density at radius 2 is 1.56 bits per heavy atom. The highest BCUT2D eigenvalue weighted by Gasteiger charge is 2.23. The third kappa shape index (κ3) is 6.38. The molecular formula is C25H25N3O6. The van der Waals surface area contributed by atoms with E-state index in [4.69, 9.17) is 4.74 Å². The summed E-state index contributed by atoms with van der Waals surface area (Å²) in [6, 6.07) is 18.0. The van der Waals surface area contributed by atoms with Gasteiger partial charge >= 0.3 is 17.9 Å². The van der Waals surface area contributed by atoms with Gasteiger partial charge in [-0.25, -0.2) is 4.79 Å². The maximum absolute atomic E-state index is 12.9. The SMILES string of the molecule is COc1nc(C(=O)O)cc(C(=O)NC(Cc2ccc(-c3ccccc3)cc2)C[C@@H](C)C(=O)O)n1. The lowest BCUT2D eigenvalue weighted by Crippen LogP contribution is -2.39. The Morgan fingerprint density at radius 1 is 0.941 bits per heavy atom. The molecule has 3 aromatic rings. The molecule has 1 unspecified atom stereocenters. The van der Waals surface area contributed by atoms with Gasteiger partial charge in [0.25, 0.3) is 5.91 Å². The fourth-order valence-corrected chi connectivity index (χ4v) is 3.47. The second-order valence-corrected chi connectivity index (χ2v) is 7.84. The molecule has 3 rings (SSSR count). The van der Waals surface area contributed by atoms with Crippen molar-refractivity contribution in [2.75, 3.05) is 7.11 Å². The summed E-state index contributed by atoms with van der Waals surface area (Å²) in [6.07, 6.45) is 0.557. The topological polar surface area (TPSA) is 139 Å². The summed E-state index contributed by atoms with van der Waals surface area (Å²) in [4.78, 5) is 43.3. The van der Waals surface area contributed by atoms with Crippen LogP contribution < -0.4 is 10.1 Å². The van der Waals surface area contributed by atoms with Crippen molar-refractivity contribution in [3.8, 4) is 17.1 Å². The summed E-state index contributed by atoms with van der Waals surface area (Å²) in [5.41, 5.74) is 2.46.